The molecular weight excluding hydrogens is 488 g/mol. The molecule has 15 heteroatoms. The normalized spacial score (nSPS) is 19.9. The lowest BCUT2D eigenvalue weighted by molar-refractivity contribution is -0.150. The summed E-state index contributed by atoms with van der Waals surface area (Å²) >= 11 is 2.28. The number of carbonyl (C=O) groups excluding carboxylic acids is 3. The number of anilines is 1. The van der Waals surface area contributed by atoms with Crippen molar-refractivity contribution in [2.45, 2.75) is 11.4 Å². The number of carboxylic acid groups (broad SMARTS) is 1. The summed E-state index contributed by atoms with van der Waals surface area (Å²) in [6.07, 6.45) is 3.76. The van der Waals surface area contributed by atoms with E-state index in [1.165, 1.54) is 35.4 Å². The number of nitrogens with zero attached hydrogens (tertiary/aromatic N) is 3. The zero-order chi connectivity index (χ0) is 24.8. The average molecular weight is 509 g/mol. The quantitative estimate of drug-likeness (QED) is 0.100. The minimum absolute atomic E-state index is 0.0429. The second-order valence-corrected chi connectivity index (χ2v) is 8.72. The van der Waals surface area contributed by atoms with Crippen LogP contribution in [0.25, 0.3) is 0 Å². The number of nitrogens with two attached hydrogens (primary N) is 1. The smallest absolute Gasteiger partial charge is 0.407 e. The molecule has 2 atom stereocenters. The van der Waals surface area contributed by atoms with Crippen LogP contribution in [0.4, 0.5) is 9.93 Å². The van der Waals surface area contributed by atoms with E-state index in [1.54, 1.807) is 0 Å². The molecule has 1 aromatic rings. The maximum absolute atomic E-state index is 12.7. The van der Waals surface area contributed by atoms with Gasteiger partial charge in [0.25, 0.3) is 11.8 Å². The van der Waals surface area contributed by atoms with Crippen molar-refractivity contribution < 1.29 is 34.2 Å². The summed E-state index contributed by atoms with van der Waals surface area (Å²) in [6.45, 7) is 3.60. The van der Waals surface area contributed by atoms with Crippen LogP contribution >= 0.6 is 23.1 Å². The Labute approximate surface area is 201 Å². The number of allylic oxidation sites excluding steroid dienone is 1. The molecule has 34 heavy (non-hydrogen) atoms. The predicted molar refractivity (Wildman–Crippen MR) is 123 cm³/mol. The standard InChI is InChI=1S/C19H20N6O7S2/c1-2-5-21-19(30)32-6-3-4-9-7-33-16-12(15(27)25(16)13(9)17(28)29)23-14(26)11(24-31)10-8-34-18(20)22-10/h2-4,8,12,16,31H,1,5-7H2,(H2,20,22)(H,21,30)(H,23,26)(H,28,29)/b4-3-,24-11-/t12?,16-/m0/s1. The largest absolute Gasteiger partial charge is 0.477 e. The highest BCUT2D eigenvalue weighted by Crippen LogP contribution is 2.40. The average Bonchev–Trinajstić information content (AvgIpc) is 3.24. The van der Waals surface area contributed by atoms with Crippen LogP contribution in [-0.4, -0.2) is 80.1 Å². The third kappa shape index (κ3) is 5.20. The van der Waals surface area contributed by atoms with E-state index in [4.69, 9.17) is 10.5 Å². The van der Waals surface area contributed by atoms with Gasteiger partial charge in [-0.1, -0.05) is 17.3 Å². The fourth-order valence-corrected chi connectivity index (χ4v) is 4.98. The number of thioether (sulfide) groups is 1. The molecule has 2 aliphatic heterocycles. The Hall–Kier alpha value is -3.85. The van der Waals surface area contributed by atoms with Gasteiger partial charge in [-0.15, -0.1) is 29.7 Å². The minimum Gasteiger partial charge on any atom is -0.477 e. The lowest BCUT2D eigenvalue weighted by atomic mass is 10.0. The molecule has 180 valence electrons. The van der Waals surface area contributed by atoms with Gasteiger partial charge in [0, 0.05) is 17.7 Å². The molecule has 1 saturated heterocycles. The van der Waals surface area contributed by atoms with Crippen LogP contribution < -0.4 is 16.4 Å². The van der Waals surface area contributed by atoms with Gasteiger partial charge < -0.3 is 31.4 Å². The van der Waals surface area contributed by atoms with Gasteiger partial charge in [0.05, 0.1) is 0 Å². The van der Waals surface area contributed by atoms with Crippen LogP contribution in [0.3, 0.4) is 0 Å². The number of carbonyl (C=O) groups is 4. The molecule has 0 aromatic carbocycles. The first-order valence-electron chi connectivity index (χ1n) is 9.62. The van der Waals surface area contributed by atoms with Crippen LogP contribution in [0.2, 0.25) is 0 Å². The van der Waals surface area contributed by atoms with Gasteiger partial charge in [0.1, 0.15) is 29.4 Å². The number of β-lactam (4-membered cyclic amide) rings is 1. The molecule has 0 bridgehead atoms. The molecule has 0 spiro atoms. The number of carboxylic acids is 1. The number of hydrogen-bond donors (Lipinski definition) is 5. The van der Waals surface area contributed by atoms with Crippen LogP contribution in [-0.2, 0) is 19.1 Å². The van der Waals surface area contributed by atoms with Gasteiger partial charge in [-0.3, -0.25) is 14.5 Å². The van der Waals surface area contributed by atoms with Crippen molar-refractivity contribution in [3.63, 3.8) is 0 Å². The summed E-state index contributed by atoms with van der Waals surface area (Å²) in [4.78, 5) is 53.5. The number of nitrogen functional groups attached to an aromatic ring is 1. The Morgan fingerprint density at radius 3 is 2.82 bits per heavy atom. The fourth-order valence-electron chi connectivity index (χ4n) is 3.11. The molecule has 0 saturated carbocycles. The molecule has 3 amide bonds. The van der Waals surface area contributed by atoms with Crippen molar-refractivity contribution in [2.75, 3.05) is 24.6 Å². The number of thiazole rings is 1. The van der Waals surface area contributed by atoms with E-state index in [0.29, 0.717) is 5.57 Å². The fraction of sp³-hybridized carbons (Fsp3) is 0.263. The first-order valence-corrected chi connectivity index (χ1v) is 11.5. The molecule has 1 aromatic heterocycles. The third-order valence-corrected chi connectivity index (χ3v) is 6.56. The lowest BCUT2D eigenvalue weighted by Crippen LogP contribution is -2.71. The zero-order valence-electron chi connectivity index (χ0n) is 17.5. The predicted octanol–water partition coefficient (Wildman–Crippen LogP) is 0.111. The Morgan fingerprint density at radius 1 is 1.44 bits per heavy atom. The van der Waals surface area contributed by atoms with Crippen LogP contribution in [0.1, 0.15) is 5.69 Å². The summed E-state index contributed by atoms with van der Waals surface area (Å²) in [5.74, 6) is -2.58. The first kappa shape index (κ1) is 24.8. The first-order chi connectivity index (χ1) is 16.3. The summed E-state index contributed by atoms with van der Waals surface area (Å²) < 4.78 is 4.91. The van der Waals surface area contributed by atoms with E-state index in [2.05, 4.69) is 27.4 Å². The Balaban J connectivity index is 1.67. The van der Waals surface area contributed by atoms with E-state index < -0.39 is 41.0 Å². The highest BCUT2D eigenvalue weighted by atomic mass is 32.2. The van der Waals surface area contributed by atoms with Crippen molar-refractivity contribution in [2.24, 2.45) is 5.16 Å². The third-order valence-electron chi connectivity index (χ3n) is 4.59. The molecule has 13 nitrogen and oxygen atoms in total. The molecular formula is C19H20N6O7S2. The summed E-state index contributed by atoms with van der Waals surface area (Å²) in [7, 11) is 0. The summed E-state index contributed by atoms with van der Waals surface area (Å²) in [6, 6.07) is -1.03. The molecule has 0 radical (unpaired) electrons. The van der Waals surface area contributed by atoms with Gasteiger partial charge in [-0.25, -0.2) is 14.6 Å². The zero-order valence-corrected chi connectivity index (χ0v) is 19.1. The van der Waals surface area contributed by atoms with Crippen LogP contribution in [0.15, 0.2) is 46.6 Å². The van der Waals surface area contributed by atoms with Gasteiger partial charge in [0.2, 0.25) is 0 Å². The van der Waals surface area contributed by atoms with E-state index in [1.807, 2.05) is 0 Å². The van der Waals surface area contributed by atoms with Crippen LogP contribution in [0.5, 0.6) is 0 Å². The molecule has 1 fully saturated rings. The van der Waals surface area contributed by atoms with Crippen molar-refractivity contribution >= 4 is 57.8 Å². The number of ether oxygens (including phenoxy) is 1. The Morgan fingerprint density at radius 2 is 2.21 bits per heavy atom. The topological polar surface area (TPSA) is 197 Å². The molecule has 3 heterocycles. The second kappa shape index (κ2) is 10.8. The molecule has 0 aliphatic carbocycles. The van der Waals surface area contributed by atoms with Gasteiger partial charge in [-0.2, -0.15) is 0 Å². The molecule has 6 N–H and O–H groups in total. The minimum atomic E-state index is -1.32. The number of amides is 3. The molecule has 1 unspecified atom stereocenters. The van der Waals surface area contributed by atoms with Crippen molar-refractivity contribution in [1.82, 2.24) is 20.5 Å². The Bertz CT molecular complexity index is 1110. The number of aromatic nitrogens is 1. The van der Waals surface area contributed by atoms with E-state index in [9.17, 15) is 29.5 Å². The number of rotatable bonds is 9. The maximum atomic E-state index is 12.7. The van der Waals surface area contributed by atoms with E-state index >= 15 is 0 Å². The lowest BCUT2D eigenvalue weighted by Gasteiger charge is -2.49. The highest BCUT2D eigenvalue weighted by Gasteiger charge is 2.54. The van der Waals surface area contributed by atoms with Crippen LogP contribution in [0, 0.1) is 0 Å². The number of oxime groups is 1. The number of hydrogen-bond acceptors (Lipinski definition) is 11. The number of alkyl carbamates (subject to hydrolysis) is 1. The van der Waals surface area contributed by atoms with Crippen molar-refractivity contribution in [3.8, 4) is 0 Å². The van der Waals surface area contributed by atoms with E-state index in [0.717, 1.165) is 16.2 Å². The van der Waals surface area contributed by atoms with Gasteiger partial charge in [-0.05, 0) is 11.6 Å². The van der Waals surface area contributed by atoms with Crippen molar-refractivity contribution in [3.05, 3.63) is 47.2 Å². The van der Waals surface area contributed by atoms with Gasteiger partial charge in [0.15, 0.2) is 10.8 Å². The molecule has 2 aliphatic rings. The summed E-state index contributed by atoms with van der Waals surface area (Å²) in [5.41, 5.74) is 5.27. The highest BCUT2D eigenvalue weighted by molar-refractivity contribution is 8.00. The maximum Gasteiger partial charge on any atom is 0.407 e. The second-order valence-electron chi connectivity index (χ2n) is 6.73. The number of nitrogens with one attached hydrogen (secondary N) is 2. The SMILES string of the molecule is C=CCNC(=O)OC/C=C\C1=C(C(=O)O)N2C(=O)C(NC(=O)/C(=N\O)c3csc(N)n3)[C@@H]2SC1. The molecule has 3 rings (SSSR count). The number of fused-ring (bicyclic) bond motifs is 1. The Kier molecular flexibility index (Phi) is 7.91. The summed E-state index contributed by atoms with van der Waals surface area (Å²) in [5, 5.41) is 27.6. The van der Waals surface area contributed by atoms with Crippen molar-refractivity contribution in [1.29, 1.82) is 0 Å². The number of aliphatic carboxylic acids is 1. The van der Waals surface area contributed by atoms with E-state index in [-0.39, 0.29) is 35.4 Å². The van der Waals surface area contributed by atoms with Gasteiger partial charge >= 0.3 is 12.1 Å². The monoisotopic (exact) mass is 508 g/mol.